The first kappa shape index (κ1) is 23.5. The molecule has 6 rings (SSSR count). The molecule has 1 atom stereocenters. The highest BCUT2D eigenvalue weighted by atomic mass is 19.1. The van der Waals surface area contributed by atoms with Crippen molar-refractivity contribution in [3.05, 3.63) is 126 Å². The summed E-state index contributed by atoms with van der Waals surface area (Å²) in [7, 11) is 1.59. The van der Waals surface area contributed by atoms with E-state index in [4.69, 9.17) is 9.84 Å². The molecule has 0 bridgehead atoms. The smallest absolute Gasteiger partial charge is 0.322 e. The maximum atomic E-state index is 14.0. The van der Waals surface area contributed by atoms with Crippen molar-refractivity contribution in [1.29, 1.82) is 0 Å². The molecule has 1 N–H and O–H groups in total. The summed E-state index contributed by atoms with van der Waals surface area (Å²) in [5.41, 5.74) is 4.95. The Morgan fingerprint density at radius 3 is 2.55 bits per heavy atom. The zero-order valence-electron chi connectivity index (χ0n) is 21.0. The summed E-state index contributed by atoms with van der Waals surface area (Å²) < 4.78 is 23.2. The van der Waals surface area contributed by atoms with Crippen LogP contribution in [0.2, 0.25) is 0 Å². The number of para-hydroxylation sites is 1. The highest BCUT2D eigenvalue weighted by Crippen LogP contribution is 2.38. The lowest BCUT2D eigenvalue weighted by Crippen LogP contribution is -2.38. The number of amides is 2. The molecule has 5 aromatic rings. The minimum absolute atomic E-state index is 0.292. The summed E-state index contributed by atoms with van der Waals surface area (Å²) in [5, 5.41) is 7.90. The number of aryl methyl sites for hydroxylation is 1. The van der Waals surface area contributed by atoms with Gasteiger partial charge in [0.15, 0.2) is 0 Å². The molecule has 0 saturated carbocycles. The van der Waals surface area contributed by atoms with Crippen molar-refractivity contribution in [3.8, 4) is 17.3 Å². The van der Waals surface area contributed by atoms with Gasteiger partial charge in [-0.05, 0) is 61.0 Å². The molecule has 3 aromatic carbocycles. The normalized spacial score (nSPS) is 14.4. The van der Waals surface area contributed by atoms with Crippen LogP contribution in [0.1, 0.15) is 28.6 Å². The zero-order chi connectivity index (χ0) is 26.2. The second-order valence-electron chi connectivity index (χ2n) is 9.18. The molecular formula is C30H26FN5O2. The molecule has 1 aliphatic rings. The third-order valence-electron chi connectivity index (χ3n) is 6.85. The summed E-state index contributed by atoms with van der Waals surface area (Å²) in [4.78, 5) is 15.7. The maximum Gasteiger partial charge on any atom is 0.322 e. The van der Waals surface area contributed by atoms with Gasteiger partial charge in [-0.3, -0.25) is 0 Å². The van der Waals surface area contributed by atoms with Gasteiger partial charge in [-0.15, -0.1) is 0 Å². The fourth-order valence-electron chi connectivity index (χ4n) is 5.04. The number of rotatable bonds is 4. The fourth-order valence-corrected chi connectivity index (χ4v) is 5.04. The Morgan fingerprint density at radius 1 is 1.00 bits per heavy atom. The second kappa shape index (κ2) is 9.55. The number of carbonyl (C=O) groups is 1. The first-order valence-electron chi connectivity index (χ1n) is 12.3. The third-order valence-corrected chi connectivity index (χ3v) is 6.85. The Labute approximate surface area is 219 Å². The van der Waals surface area contributed by atoms with Gasteiger partial charge in [0.25, 0.3) is 0 Å². The van der Waals surface area contributed by atoms with E-state index in [1.165, 1.54) is 12.1 Å². The molecular weight excluding hydrogens is 481 g/mol. The molecule has 190 valence electrons. The fraction of sp³-hybridized carbons (Fsp3) is 0.133. The summed E-state index contributed by atoms with van der Waals surface area (Å²) in [6.45, 7) is 2.26. The minimum Gasteiger partial charge on any atom is -0.497 e. The predicted octanol–water partition coefficient (Wildman–Crippen LogP) is 6.26. The molecule has 0 radical (unpaired) electrons. The van der Waals surface area contributed by atoms with Gasteiger partial charge in [0.2, 0.25) is 0 Å². The van der Waals surface area contributed by atoms with Crippen LogP contribution in [-0.4, -0.2) is 32.4 Å². The topological polar surface area (TPSA) is 64.3 Å². The number of halogens is 1. The van der Waals surface area contributed by atoms with Crippen molar-refractivity contribution in [2.24, 2.45) is 0 Å². The summed E-state index contributed by atoms with van der Waals surface area (Å²) >= 11 is 0. The van der Waals surface area contributed by atoms with E-state index < -0.39 is 6.04 Å². The third kappa shape index (κ3) is 4.10. The summed E-state index contributed by atoms with van der Waals surface area (Å²) in [6, 6.07) is 26.7. The van der Waals surface area contributed by atoms with Gasteiger partial charge >= 0.3 is 6.03 Å². The van der Waals surface area contributed by atoms with Gasteiger partial charge in [0, 0.05) is 23.5 Å². The summed E-state index contributed by atoms with van der Waals surface area (Å²) in [6.07, 6.45) is 1.98. The molecule has 1 aliphatic heterocycles. The molecule has 2 amide bonds. The van der Waals surface area contributed by atoms with Gasteiger partial charge in [0.05, 0.1) is 36.8 Å². The minimum atomic E-state index is -0.479. The second-order valence-corrected chi connectivity index (χ2v) is 9.18. The average molecular weight is 508 g/mol. The van der Waals surface area contributed by atoms with E-state index in [1.54, 1.807) is 30.2 Å². The van der Waals surface area contributed by atoms with Crippen molar-refractivity contribution in [2.45, 2.75) is 19.5 Å². The number of benzene rings is 3. The van der Waals surface area contributed by atoms with Crippen molar-refractivity contribution in [3.63, 3.8) is 0 Å². The quantitative estimate of drug-likeness (QED) is 0.312. The number of hydrogen-bond donors (Lipinski definition) is 1. The number of ether oxygens (including phenoxy) is 1. The molecule has 7 nitrogen and oxygen atoms in total. The molecule has 0 aliphatic carbocycles. The Kier molecular flexibility index (Phi) is 5.92. The standard InChI is InChI=1S/C30H26FN5O2/c1-20-26-19-35(30(37)32-23-8-6-11-25(18-23)38-2)28(21-13-15-22(31)16-14-21)27-12-7-17-34(27)29(26)36(33-20)24-9-4-3-5-10-24/h3-18,28H,19H2,1-2H3,(H,32,37)/t28-/m0/s1. The SMILES string of the molecule is COc1cccc(NC(=O)N2Cc3c(C)nn(-c4ccccc4)c3-n3cccc3[C@@H]2c2ccc(F)cc2)c1. The first-order chi connectivity index (χ1) is 18.5. The first-order valence-corrected chi connectivity index (χ1v) is 12.3. The molecule has 0 saturated heterocycles. The maximum absolute atomic E-state index is 14.0. The Morgan fingerprint density at radius 2 is 1.79 bits per heavy atom. The molecule has 8 heteroatoms. The van der Waals surface area contributed by atoms with E-state index in [0.717, 1.165) is 34.0 Å². The average Bonchev–Trinajstić information content (AvgIpc) is 3.50. The Balaban J connectivity index is 1.52. The number of methoxy groups -OCH3 is 1. The van der Waals surface area contributed by atoms with E-state index in [1.807, 2.05) is 78.5 Å². The van der Waals surface area contributed by atoms with Crippen molar-refractivity contribution in [1.82, 2.24) is 19.2 Å². The number of carbonyl (C=O) groups excluding carboxylic acids is 1. The van der Waals surface area contributed by atoms with Crippen LogP contribution < -0.4 is 10.1 Å². The largest absolute Gasteiger partial charge is 0.497 e. The van der Waals surface area contributed by atoms with Crippen LogP contribution in [0.3, 0.4) is 0 Å². The molecule has 0 unspecified atom stereocenters. The number of anilines is 1. The van der Waals surface area contributed by atoms with Gasteiger partial charge in [-0.2, -0.15) is 5.10 Å². The van der Waals surface area contributed by atoms with Crippen LogP contribution in [0.4, 0.5) is 14.9 Å². The lowest BCUT2D eigenvalue weighted by atomic mass is 10.0. The van der Waals surface area contributed by atoms with E-state index in [9.17, 15) is 9.18 Å². The monoisotopic (exact) mass is 507 g/mol. The number of aromatic nitrogens is 3. The van der Waals surface area contributed by atoms with E-state index in [2.05, 4.69) is 9.88 Å². The highest BCUT2D eigenvalue weighted by molar-refractivity contribution is 5.90. The van der Waals surface area contributed by atoms with Crippen LogP contribution in [-0.2, 0) is 6.54 Å². The molecule has 3 heterocycles. The van der Waals surface area contributed by atoms with E-state index >= 15 is 0 Å². The van der Waals surface area contributed by atoms with Gasteiger partial charge in [-0.1, -0.05) is 36.4 Å². The van der Waals surface area contributed by atoms with Crippen LogP contribution in [0.15, 0.2) is 97.2 Å². The number of hydrogen-bond acceptors (Lipinski definition) is 3. The van der Waals surface area contributed by atoms with Crippen molar-refractivity contribution >= 4 is 11.7 Å². The Hall–Kier alpha value is -4.85. The molecule has 38 heavy (non-hydrogen) atoms. The predicted molar refractivity (Wildman–Crippen MR) is 143 cm³/mol. The van der Waals surface area contributed by atoms with Gasteiger partial charge in [-0.25, -0.2) is 13.9 Å². The number of fused-ring (bicyclic) bond motifs is 3. The number of urea groups is 1. The van der Waals surface area contributed by atoms with Gasteiger partial charge < -0.3 is 19.5 Å². The lowest BCUT2D eigenvalue weighted by Gasteiger charge is -2.31. The summed E-state index contributed by atoms with van der Waals surface area (Å²) in [5.74, 6) is 1.19. The number of nitrogens with one attached hydrogen (secondary N) is 1. The van der Waals surface area contributed by atoms with E-state index in [0.29, 0.717) is 18.0 Å². The van der Waals surface area contributed by atoms with Crippen LogP contribution in [0, 0.1) is 12.7 Å². The van der Waals surface area contributed by atoms with Crippen LogP contribution in [0.25, 0.3) is 11.5 Å². The van der Waals surface area contributed by atoms with Gasteiger partial charge in [0.1, 0.15) is 17.4 Å². The Bertz CT molecular complexity index is 1610. The van der Waals surface area contributed by atoms with Crippen LogP contribution in [0.5, 0.6) is 5.75 Å². The number of nitrogens with zero attached hydrogens (tertiary/aromatic N) is 4. The van der Waals surface area contributed by atoms with Crippen molar-refractivity contribution in [2.75, 3.05) is 12.4 Å². The lowest BCUT2D eigenvalue weighted by molar-refractivity contribution is 0.194. The highest BCUT2D eigenvalue weighted by Gasteiger charge is 2.36. The molecule has 0 spiro atoms. The van der Waals surface area contributed by atoms with E-state index in [-0.39, 0.29) is 11.8 Å². The van der Waals surface area contributed by atoms with Crippen molar-refractivity contribution < 1.29 is 13.9 Å². The van der Waals surface area contributed by atoms with Crippen LogP contribution >= 0.6 is 0 Å². The molecule has 2 aromatic heterocycles. The molecule has 0 fully saturated rings. The zero-order valence-corrected chi connectivity index (χ0v) is 21.0.